The number of aromatic nitrogens is 2. The molecule has 0 aliphatic heterocycles. The second-order valence-corrected chi connectivity index (χ2v) is 4.02. The zero-order valence-electron chi connectivity index (χ0n) is 10.0. The molecule has 1 heterocycles. The van der Waals surface area contributed by atoms with Crippen LogP contribution in [0.25, 0.3) is 5.69 Å². The van der Waals surface area contributed by atoms with Gasteiger partial charge in [-0.05, 0) is 30.7 Å². The van der Waals surface area contributed by atoms with Gasteiger partial charge >= 0.3 is 0 Å². The van der Waals surface area contributed by atoms with Crippen molar-refractivity contribution in [3.05, 3.63) is 60.9 Å². The molecule has 1 aromatic carbocycles. The summed E-state index contributed by atoms with van der Waals surface area (Å²) < 4.78 is 1.85. The Morgan fingerprint density at radius 3 is 2.76 bits per heavy atom. The van der Waals surface area contributed by atoms with E-state index < -0.39 is 0 Å². The highest BCUT2D eigenvalue weighted by Gasteiger charge is 1.98. The van der Waals surface area contributed by atoms with Gasteiger partial charge in [0.15, 0.2) is 0 Å². The first-order chi connectivity index (χ1) is 8.29. The van der Waals surface area contributed by atoms with Gasteiger partial charge in [-0.2, -0.15) is 5.10 Å². The molecular formula is C14H17N3. The summed E-state index contributed by atoms with van der Waals surface area (Å²) in [4.78, 5) is 0. The Kier molecular flexibility index (Phi) is 3.73. The van der Waals surface area contributed by atoms with Crippen molar-refractivity contribution in [2.45, 2.75) is 19.5 Å². The lowest BCUT2D eigenvalue weighted by molar-refractivity contribution is 0.634. The van der Waals surface area contributed by atoms with Crippen LogP contribution in [-0.2, 0) is 6.54 Å². The highest BCUT2D eigenvalue weighted by Crippen LogP contribution is 2.08. The number of rotatable bonds is 5. The molecule has 0 aliphatic rings. The fourth-order valence-electron chi connectivity index (χ4n) is 1.55. The van der Waals surface area contributed by atoms with Gasteiger partial charge in [-0.25, -0.2) is 4.68 Å². The average Bonchev–Trinajstić information content (AvgIpc) is 2.90. The summed E-state index contributed by atoms with van der Waals surface area (Å²) in [5.41, 5.74) is 2.34. The lowest BCUT2D eigenvalue weighted by Gasteiger charge is -2.09. The van der Waals surface area contributed by atoms with Crippen molar-refractivity contribution in [3.63, 3.8) is 0 Å². The minimum atomic E-state index is 0.334. The maximum Gasteiger partial charge on any atom is 0.0645 e. The van der Waals surface area contributed by atoms with Crippen LogP contribution in [-0.4, -0.2) is 15.8 Å². The molecule has 1 atom stereocenters. The van der Waals surface area contributed by atoms with Crippen LogP contribution in [0.3, 0.4) is 0 Å². The summed E-state index contributed by atoms with van der Waals surface area (Å²) in [6.07, 6.45) is 5.62. The predicted octanol–water partition coefficient (Wildman–Crippen LogP) is 2.54. The number of benzene rings is 1. The van der Waals surface area contributed by atoms with E-state index in [9.17, 15) is 0 Å². The van der Waals surface area contributed by atoms with Gasteiger partial charge in [-0.15, -0.1) is 6.58 Å². The van der Waals surface area contributed by atoms with Gasteiger partial charge in [0.25, 0.3) is 0 Å². The normalized spacial score (nSPS) is 12.3. The standard InChI is InChI=1S/C14H17N3/c1-3-12(2)15-11-13-5-7-14(8-6-13)17-10-4-9-16-17/h3-10,12,15H,1,11H2,2H3. The Bertz CT molecular complexity index is 457. The molecule has 0 saturated heterocycles. The SMILES string of the molecule is C=CC(C)NCc1ccc(-n2cccn2)cc1. The minimum Gasteiger partial charge on any atom is -0.307 e. The van der Waals surface area contributed by atoms with E-state index in [2.05, 4.69) is 48.2 Å². The van der Waals surface area contributed by atoms with E-state index >= 15 is 0 Å². The third kappa shape index (κ3) is 3.04. The topological polar surface area (TPSA) is 29.9 Å². The summed E-state index contributed by atoms with van der Waals surface area (Å²) >= 11 is 0. The Labute approximate surface area is 102 Å². The molecule has 2 aromatic rings. The van der Waals surface area contributed by atoms with E-state index in [1.54, 1.807) is 6.20 Å². The van der Waals surface area contributed by atoms with E-state index in [1.165, 1.54) is 5.56 Å². The zero-order chi connectivity index (χ0) is 12.1. The molecule has 1 aromatic heterocycles. The molecular weight excluding hydrogens is 210 g/mol. The van der Waals surface area contributed by atoms with Crippen molar-refractivity contribution in [1.29, 1.82) is 0 Å². The molecule has 3 heteroatoms. The van der Waals surface area contributed by atoms with Crippen molar-refractivity contribution in [1.82, 2.24) is 15.1 Å². The number of nitrogens with zero attached hydrogens (tertiary/aromatic N) is 2. The molecule has 1 unspecified atom stereocenters. The summed E-state index contributed by atoms with van der Waals surface area (Å²) in [6, 6.07) is 10.6. The van der Waals surface area contributed by atoms with Gasteiger partial charge < -0.3 is 5.32 Å². The maximum atomic E-state index is 4.19. The van der Waals surface area contributed by atoms with Crippen molar-refractivity contribution >= 4 is 0 Å². The van der Waals surface area contributed by atoms with Crippen LogP contribution >= 0.6 is 0 Å². The predicted molar refractivity (Wildman–Crippen MR) is 70.1 cm³/mol. The van der Waals surface area contributed by atoms with Crippen LogP contribution in [0.1, 0.15) is 12.5 Å². The summed E-state index contributed by atoms with van der Waals surface area (Å²) in [7, 11) is 0. The van der Waals surface area contributed by atoms with E-state index in [1.807, 2.05) is 23.0 Å². The molecule has 0 saturated carbocycles. The lowest BCUT2D eigenvalue weighted by Crippen LogP contribution is -2.22. The van der Waals surface area contributed by atoms with Crippen molar-refractivity contribution in [3.8, 4) is 5.69 Å². The first-order valence-electron chi connectivity index (χ1n) is 5.74. The van der Waals surface area contributed by atoms with Gasteiger partial charge in [-0.3, -0.25) is 0 Å². The number of nitrogens with one attached hydrogen (secondary N) is 1. The van der Waals surface area contributed by atoms with Gasteiger partial charge in [0.1, 0.15) is 0 Å². The number of hydrogen-bond acceptors (Lipinski definition) is 2. The van der Waals surface area contributed by atoms with Gasteiger partial charge in [0.2, 0.25) is 0 Å². The van der Waals surface area contributed by atoms with Crippen LogP contribution in [0.5, 0.6) is 0 Å². The van der Waals surface area contributed by atoms with Crippen LogP contribution in [0.15, 0.2) is 55.4 Å². The molecule has 88 valence electrons. The first-order valence-corrected chi connectivity index (χ1v) is 5.74. The Morgan fingerprint density at radius 2 is 2.18 bits per heavy atom. The van der Waals surface area contributed by atoms with Gasteiger partial charge in [0.05, 0.1) is 5.69 Å². The maximum absolute atomic E-state index is 4.19. The largest absolute Gasteiger partial charge is 0.307 e. The highest BCUT2D eigenvalue weighted by atomic mass is 15.3. The van der Waals surface area contributed by atoms with Crippen LogP contribution in [0.4, 0.5) is 0 Å². The lowest BCUT2D eigenvalue weighted by atomic mass is 10.2. The van der Waals surface area contributed by atoms with Gasteiger partial charge in [-0.1, -0.05) is 18.2 Å². The smallest absolute Gasteiger partial charge is 0.0645 e. The Morgan fingerprint density at radius 1 is 1.41 bits per heavy atom. The molecule has 3 nitrogen and oxygen atoms in total. The molecule has 0 radical (unpaired) electrons. The average molecular weight is 227 g/mol. The van der Waals surface area contributed by atoms with Crippen LogP contribution in [0.2, 0.25) is 0 Å². The van der Waals surface area contributed by atoms with Crippen molar-refractivity contribution < 1.29 is 0 Å². The Hall–Kier alpha value is -1.87. The molecule has 0 aliphatic carbocycles. The monoisotopic (exact) mass is 227 g/mol. The van der Waals surface area contributed by atoms with E-state index in [4.69, 9.17) is 0 Å². The molecule has 0 fully saturated rings. The van der Waals surface area contributed by atoms with Crippen molar-refractivity contribution in [2.24, 2.45) is 0 Å². The van der Waals surface area contributed by atoms with Gasteiger partial charge in [0, 0.05) is 25.0 Å². The zero-order valence-corrected chi connectivity index (χ0v) is 10.0. The highest BCUT2D eigenvalue weighted by molar-refractivity contribution is 5.33. The van der Waals surface area contributed by atoms with Crippen molar-refractivity contribution in [2.75, 3.05) is 0 Å². The van der Waals surface area contributed by atoms with E-state index in [0.29, 0.717) is 6.04 Å². The molecule has 0 amide bonds. The number of hydrogen-bond donors (Lipinski definition) is 1. The summed E-state index contributed by atoms with van der Waals surface area (Å²) in [5.74, 6) is 0. The molecule has 17 heavy (non-hydrogen) atoms. The molecule has 0 bridgehead atoms. The summed E-state index contributed by atoms with van der Waals surface area (Å²) in [5, 5.41) is 7.55. The van der Waals surface area contributed by atoms with Crippen LogP contribution in [0, 0.1) is 0 Å². The third-order valence-corrected chi connectivity index (χ3v) is 2.69. The fraction of sp³-hybridized carbons (Fsp3) is 0.214. The fourth-order valence-corrected chi connectivity index (χ4v) is 1.55. The Balaban J connectivity index is 2.01. The van der Waals surface area contributed by atoms with Crippen LogP contribution < -0.4 is 5.32 Å². The molecule has 1 N–H and O–H groups in total. The quantitative estimate of drug-likeness (QED) is 0.795. The summed E-state index contributed by atoms with van der Waals surface area (Å²) in [6.45, 7) is 6.69. The first kappa shape index (κ1) is 11.6. The second-order valence-electron chi connectivity index (χ2n) is 4.02. The second kappa shape index (κ2) is 5.46. The molecule has 0 spiro atoms. The molecule has 2 rings (SSSR count). The van der Waals surface area contributed by atoms with E-state index in [-0.39, 0.29) is 0 Å². The van der Waals surface area contributed by atoms with E-state index in [0.717, 1.165) is 12.2 Å². The minimum absolute atomic E-state index is 0.334. The third-order valence-electron chi connectivity index (χ3n) is 2.69.